The second-order valence-electron chi connectivity index (χ2n) is 4.06. The Labute approximate surface area is 109 Å². The highest BCUT2D eigenvalue weighted by Crippen LogP contribution is 2.11. The van der Waals surface area contributed by atoms with E-state index in [1.165, 1.54) is 0 Å². The third-order valence-electron chi connectivity index (χ3n) is 2.81. The van der Waals surface area contributed by atoms with Crippen molar-refractivity contribution in [2.75, 3.05) is 26.4 Å². The highest BCUT2D eigenvalue weighted by atomic mass is 16.7. The van der Waals surface area contributed by atoms with E-state index in [-0.39, 0.29) is 32.1 Å². The van der Waals surface area contributed by atoms with Gasteiger partial charge in [-0.2, -0.15) is 0 Å². The maximum atomic E-state index is 11.9. The first-order valence-corrected chi connectivity index (χ1v) is 5.88. The van der Waals surface area contributed by atoms with Gasteiger partial charge in [-0.3, -0.25) is 4.79 Å². The molecule has 0 amide bonds. The van der Waals surface area contributed by atoms with E-state index in [0.717, 1.165) is 5.01 Å². The predicted molar refractivity (Wildman–Crippen MR) is 65.3 cm³/mol. The number of nitrogens with zero attached hydrogens (tertiary/aromatic N) is 2. The summed E-state index contributed by atoms with van der Waals surface area (Å²) >= 11 is 0. The van der Waals surface area contributed by atoms with Crippen molar-refractivity contribution < 1.29 is 19.3 Å². The average Bonchev–Trinajstić information content (AvgIpc) is 2.46. The number of nitro groups is 1. The third kappa shape index (κ3) is 3.41. The smallest absolute Gasteiger partial charge is 0.200 e. The summed E-state index contributed by atoms with van der Waals surface area (Å²) < 4.78 is 10.4. The zero-order chi connectivity index (χ0) is 13.7. The Morgan fingerprint density at radius 2 is 2.21 bits per heavy atom. The van der Waals surface area contributed by atoms with Crippen molar-refractivity contribution in [2.24, 2.45) is 0 Å². The van der Waals surface area contributed by atoms with E-state index in [1.54, 1.807) is 24.3 Å². The zero-order valence-electron chi connectivity index (χ0n) is 10.2. The molecule has 7 nitrogen and oxygen atoms in total. The Morgan fingerprint density at radius 3 is 2.89 bits per heavy atom. The molecule has 1 saturated heterocycles. The van der Waals surface area contributed by atoms with E-state index in [1.807, 2.05) is 6.07 Å². The van der Waals surface area contributed by atoms with Gasteiger partial charge in [0.15, 0.2) is 11.1 Å². The van der Waals surface area contributed by atoms with Crippen LogP contribution in [0.1, 0.15) is 0 Å². The lowest BCUT2D eigenvalue weighted by atomic mass is 10.2. The molecule has 19 heavy (non-hydrogen) atoms. The molecule has 1 heterocycles. The minimum absolute atomic E-state index is 0.0258. The van der Waals surface area contributed by atoms with Gasteiger partial charge in [0.05, 0.1) is 13.2 Å². The van der Waals surface area contributed by atoms with Crippen molar-refractivity contribution in [1.82, 2.24) is 5.01 Å². The summed E-state index contributed by atoms with van der Waals surface area (Å²) in [6.07, 6.45) is 0. The lowest BCUT2D eigenvalue weighted by Gasteiger charge is -2.27. The molecule has 1 aromatic carbocycles. The first kappa shape index (κ1) is 13.3. The van der Waals surface area contributed by atoms with Gasteiger partial charge >= 0.3 is 0 Å². The molecule has 2 rings (SSSR count). The SMILES string of the molecule is O=C(COc1ccccc1)C1COCCN1[N+](=O)[O-]. The fourth-order valence-electron chi connectivity index (χ4n) is 1.82. The number of hydrogen-bond donors (Lipinski definition) is 0. The molecule has 1 atom stereocenters. The fourth-order valence-corrected chi connectivity index (χ4v) is 1.82. The van der Waals surface area contributed by atoms with Crippen molar-refractivity contribution in [1.29, 1.82) is 0 Å². The molecular formula is C12H14N2O5. The molecule has 0 bridgehead atoms. The zero-order valence-corrected chi connectivity index (χ0v) is 10.2. The van der Waals surface area contributed by atoms with Gasteiger partial charge in [-0.05, 0) is 12.1 Å². The maximum Gasteiger partial charge on any atom is 0.200 e. The fraction of sp³-hybridized carbons (Fsp3) is 0.417. The van der Waals surface area contributed by atoms with Gasteiger partial charge in [0.1, 0.15) is 18.9 Å². The summed E-state index contributed by atoms with van der Waals surface area (Å²) in [5, 5.41) is 11.2. The summed E-state index contributed by atoms with van der Waals surface area (Å²) in [6, 6.07) is 7.96. The van der Waals surface area contributed by atoms with E-state index in [4.69, 9.17) is 9.47 Å². The second-order valence-corrected chi connectivity index (χ2v) is 4.06. The monoisotopic (exact) mass is 266 g/mol. The van der Waals surface area contributed by atoms with Gasteiger partial charge in [-0.25, -0.2) is 10.1 Å². The van der Waals surface area contributed by atoms with Gasteiger partial charge in [-0.15, -0.1) is 5.01 Å². The van der Waals surface area contributed by atoms with Crippen LogP contribution in [0.15, 0.2) is 30.3 Å². The predicted octanol–water partition coefficient (Wildman–Crippen LogP) is 0.527. The molecule has 1 fully saturated rings. The van der Waals surface area contributed by atoms with Crippen LogP contribution in [0.4, 0.5) is 0 Å². The van der Waals surface area contributed by atoms with Gasteiger partial charge in [0.25, 0.3) is 0 Å². The summed E-state index contributed by atoms with van der Waals surface area (Å²) in [6.45, 7) is 0.180. The van der Waals surface area contributed by atoms with Crippen LogP contribution in [0.25, 0.3) is 0 Å². The molecule has 7 heteroatoms. The van der Waals surface area contributed by atoms with Crippen LogP contribution in [-0.4, -0.2) is 48.2 Å². The minimum atomic E-state index is -0.882. The quantitative estimate of drug-likeness (QED) is 0.571. The molecule has 0 radical (unpaired) electrons. The largest absolute Gasteiger partial charge is 0.486 e. The molecule has 0 N–H and O–H groups in total. The van der Waals surface area contributed by atoms with E-state index < -0.39 is 11.1 Å². The molecule has 0 aromatic heterocycles. The van der Waals surface area contributed by atoms with Crippen LogP contribution >= 0.6 is 0 Å². The number of benzene rings is 1. The molecular weight excluding hydrogens is 252 g/mol. The molecule has 0 aliphatic carbocycles. The highest BCUT2D eigenvalue weighted by molar-refractivity contribution is 5.85. The first-order valence-electron chi connectivity index (χ1n) is 5.88. The average molecular weight is 266 g/mol. The maximum absolute atomic E-state index is 11.9. The van der Waals surface area contributed by atoms with Crippen LogP contribution in [0.3, 0.4) is 0 Å². The van der Waals surface area contributed by atoms with E-state index in [0.29, 0.717) is 5.75 Å². The third-order valence-corrected chi connectivity index (χ3v) is 2.81. The summed E-state index contributed by atoms with van der Waals surface area (Å²) in [5.74, 6) is 0.195. The molecule has 1 aromatic rings. The number of hydrazine groups is 1. The standard InChI is InChI=1S/C12H14N2O5/c15-12(9-19-10-4-2-1-3-5-10)11-8-18-7-6-13(11)14(16)17/h1-5,11H,6-9H2. The molecule has 0 spiro atoms. The number of carbonyl (C=O) groups excluding carboxylic acids is 1. The second kappa shape index (κ2) is 6.14. The van der Waals surface area contributed by atoms with Gasteiger partial charge < -0.3 is 9.47 Å². The number of hydrogen-bond acceptors (Lipinski definition) is 5. The molecule has 102 valence electrons. The Morgan fingerprint density at radius 1 is 1.47 bits per heavy atom. The van der Waals surface area contributed by atoms with Gasteiger partial charge in [0, 0.05) is 0 Å². The van der Waals surface area contributed by atoms with Gasteiger partial charge in [-0.1, -0.05) is 18.2 Å². The number of Topliss-reactive ketones (excluding diaryl/α,β-unsaturated/α-hetero) is 1. The Bertz CT molecular complexity index is 451. The lowest BCUT2D eigenvalue weighted by molar-refractivity contribution is -0.665. The number of ether oxygens (including phenoxy) is 2. The Hall–Kier alpha value is -2.15. The van der Waals surface area contributed by atoms with Crippen LogP contribution in [0.5, 0.6) is 5.75 Å². The van der Waals surface area contributed by atoms with E-state index in [2.05, 4.69) is 0 Å². The number of para-hydroxylation sites is 1. The number of ketones is 1. The molecule has 0 saturated carbocycles. The first-order chi connectivity index (χ1) is 9.18. The Balaban J connectivity index is 1.93. The number of carbonyl (C=O) groups is 1. The van der Waals surface area contributed by atoms with Crippen molar-refractivity contribution in [3.63, 3.8) is 0 Å². The summed E-state index contributed by atoms with van der Waals surface area (Å²) in [7, 11) is 0. The molecule has 1 unspecified atom stereocenters. The Kier molecular flexibility index (Phi) is 4.30. The van der Waals surface area contributed by atoms with Crippen LogP contribution in [0, 0.1) is 10.1 Å². The number of rotatable bonds is 5. The van der Waals surface area contributed by atoms with E-state index >= 15 is 0 Å². The number of morpholine rings is 1. The lowest BCUT2D eigenvalue weighted by Crippen LogP contribution is -2.53. The van der Waals surface area contributed by atoms with Crippen LogP contribution < -0.4 is 4.74 Å². The van der Waals surface area contributed by atoms with Crippen LogP contribution in [-0.2, 0) is 9.53 Å². The van der Waals surface area contributed by atoms with E-state index in [9.17, 15) is 14.9 Å². The normalized spacial score (nSPS) is 18.9. The van der Waals surface area contributed by atoms with Crippen molar-refractivity contribution >= 4 is 5.78 Å². The molecule has 1 aliphatic rings. The topological polar surface area (TPSA) is 81.9 Å². The van der Waals surface area contributed by atoms with Crippen molar-refractivity contribution in [3.8, 4) is 5.75 Å². The molecule has 1 aliphatic heterocycles. The summed E-state index contributed by atoms with van der Waals surface area (Å²) in [5.41, 5.74) is 0. The minimum Gasteiger partial charge on any atom is -0.486 e. The van der Waals surface area contributed by atoms with Crippen molar-refractivity contribution in [2.45, 2.75) is 6.04 Å². The van der Waals surface area contributed by atoms with Crippen LogP contribution in [0.2, 0.25) is 0 Å². The summed E-state index contributed by atoms with van der Waals surface area (Å²) in [4.78, 5) is 22.8. The van der Waals surface area contributed by atoms with Gasteiger partial charge in [0.2, 0.25) is 5.78 Å². The highest BCUT2D eigenvalue weighted by Gasteiger charge is 2.36. The van der Waals surface area contributed by atoms with Crippen molar-refractivity contribution in [3.05, 3.63) is 40.4 Å².